The molecule has 10 heteroatoms. The third kappa shape index (κ3) is 5.26. The number of likely N-dealkylation sites (tertiary alicyclic amines) is 1. The van der Waals surface area contributed by atoms with E-state index < -0.39 is 23.9 Å². The molecule has 1 amide bonds. The van der Waals surface area contributed by atoms with Gasteiger partial charge in [-0.15, -0.1) is 0 Å². The van der Waals surface area contributed by atoms with Gasteiger partial charge in [-0.2, -0.15) is 0 Å². The van der Waals surface area contributed by atoms with Crippen LogP contribution in [0.4, 0.5) is 4.79 Å². The molecule has 45 heavy (non-hydrogen) atoms. The number of rotatable bonds is 4. The van der Waals surface area contributed by atoms with E-state index >= 15 is 0 Å². The zero-order valence-corrected chi connectivity index (χ0v) is 27.4. The molecule has 0 saturated carbocycles. The predicted molar refractivity (Wildman–Crippen MR) is 175 cm³/mol. The molecule has 7 rings (SSSR count). The third-order valence-corrected chi connectivity index (χ3v) is 9.65. The minimum atomic E-state index is -0.587. The zero-order chi connectivity index (χ0) is 31.9. The van der Waals surface area contributed by atoms with Crippen LogP contribution in [-0.2, 0) is 25.4 Å². The number of hydrogen-bond acceptors (Lipinski definition) is 7. The zero-order valence-electron chi connectivity index (χ0n) is 27.4. The Morgan fingerprint density at radius 2 is 1.82 bits per heavy atom. The topological polar surface area (TPSA) is 95.1 Å². The van der Waals surface area contributed by atoms with Crippen molar-refractivity contribution in [3.63, 3.8) is 0 Å². The molecule has 0 aliphatic carbocycles. The summed E-state index contributed by atoms with van der Waals surface area (Å²) >= 11 is 0. The summed E-state index contributed by atoms with van der Waals surface area (Å²) in [5.41, 5.74) is 4.69. The number of benzene rings is 3. The number of imidazole rings is 1. The number of nitrogens with one attached hydrogen (secondary N) is 1. The minimum absolute atomic E-state index is 0.197. The van der Waals surface area contributed by atoms with Gasteiger partial charge in [-0.25, -0.2) is 9.78 Å². The highest BCUT2D eigenvalue weighted by Gasteiger charge is 2.51. The number of ether oxygens (including phenoxy) is 3. The molecule has 0 bridgehead atoms. The molecule has 0 spiro atoms. The van der Waals surface area contributed by atoms with E-state index in [-0.39, 0.29) is 18.1 Å². The molecule has 3 aliphatic rings. The SMILES string of the molecule is COC[C@H]1CC(c2nc3ccc4cc5c(cc4c3[nH]2)OCc2cc(B3OC(C)(C)C(C)(C)O3)ccc2-5)N(C(=O)OC(C)(C)C)C1. The highest BCUT2D eigenvalue weighted by molar-refractivity contribution is 6.62. The van der Waals surface area contributed by atoms with Crippen LogP contribution in [0.15, 0.2) is 42.5 Å². The van der Waals surface area contributed by atoms with E-state index in [2.05, 4.69) is 69.1 Å². The van der Waals surface area contributed by atoms with Crippen LogP contribution in [0.1, 0.15) is 72.3 Å². The lowest BCUT2D eigenvalue weighted by Crippen LogP contribution is -2.41. The van der Waals surface area contributed by atoms with E-state index in [1.165, 1.54) is 0 Å². The maximum Gasteiger partial charge on any atom is 0.494 e. The fourth-order valence-corrected chi connectivity index (χ4v) is 6.68. The summed E-state index contributed by atoms with van der Waals surface area (Å²) in [7, 11) is 1.27. The molecule has 2 saturated heterocycles. The second-order valence-electron chi connectivity index (χ2n) is 14.7. The first kappa shape index (κ1) is 30.1. The number of H-pyrrole nitrogens is 1. The van der Waals surface area contributed by atoms with Gasteiger partial charge in [-0.3, -0.25) is 4.90 Å². The average molecular weight is 612 g/mol. The van der Waals surface area contributed by atoms with Crippen LogP contribution in [0.3, 0.4) is 0 Å². The Morgan fingerprint density at radius 3 is 2.53 bits per heavy atom. The molecular weight excluding hydrogens is 569 g/mol. The standard InChI is InChI=1S/C35H42BN3O6/c1-33(2,3)43-32(40)39-17-20(18-41-8)13-28(39)31-37-27-12-9-21-15-26-24-11-10-23(36-44-34(4,5)35(6,7)45-36)14-22(24)19-42-29(26)16-25(21)30(27)38-31/h9-12,14-16,20,28H,13,17-19H2,1-8H3,(H,37,38)/t20-,28?/m0/s1. The fourth-order valence-electron chi connectivity index (χ4n) is 6.68. The van der Waals surface area contributed by atoms with Crippen molar-refractivity contribution in [3.05, 3.63) is 53.9 Å². The van der Waals surface area contributed by atoms with Crippen molar-refractivity contribution in [1.82, 2.24) is 14.9 Å². The lowest BCUT2D eigenvalue weighted by atomic mass is 9.77. The van der Waals surface area contributed by atoms with Crippen molar-refractivity contribution in [3.8, 4) is 16.9 Å². The van der Waals surface area contributed by atoms with Crippen LogP contribution in [0, 0.1) is 5.92 Å². The lowest BCUT2D eigenvalue weighted by Gasteiger charge is -2.32. The van der Waals surface area contributed by atoms with E-state index in [4.69, 9.17) is 28.5 Å². The van der Waals surface area contributed by atoms with Gasteiger partial charge in [0, 0.05) is 30.5 Å². The molecule has 3 aromatic carbocycles. The summed E-state index contributed by atoms with van der Waals surface area (Å²) < 4.78 is 30.2. The molecule has 2 atom stereocenters. The molecular formula is C35H42BN3O6. The van der Waals surface area contributed by atoms with E-state index in [9.17, 15) is 4.79 Å². The number of aromatic amines is 1. The number of carbonyl (C=O) groups is 1. The van der Waals surface area contributed by atoms with Crippen molar-refractivity contribution in [2.24, 2.45) is 5.92 Å². The van der Waals surface area contributed by atoms with Crippen LogP contribution in [0.25, 0.3) is 32.9 Å². The first-order chi connectivity index (χ1) is 21.2. The first-order valence-corrected chi connectivity index (χ1v) is 15.8. The second-order valence-corrected chi connectivity index (χ2v) is 14.7. The Bertz CT molecular complexity index is 1790. The van der Waals surface area contributed by atoms with Crippen molar-refractivity contribution in [1.29, 1.82) is 0 Å². The highest BCUT2D eigenvalue weighted by atomic mass is 16.7. The van der Waals surface area contributed by atoms with Gasteiger partial charge in [0.2, 0.25) is 0 Å². The maximum atomic E-state index is 13.2. The van der Waals surface area contributed by atoms with E-state index in [0.29, 0.717) is 19.8 Å². The Balaban J connectivity index is 1.22. The molecule has 0 radical (unpaired) electrons. The molecule has 2 fully saturated rings. The van der Waals surface area contributed by atoms with Crippen LogP contribution >= 0.6 is 0 Å². The van der Waals surface area contributed by atoms with Gasteiger partial charge in [0.1, 0.15) is 23.8 Å². The lowest BCUT2D eigenvalue weighted by molar-refractivity contribution is 0.00578. The summed E-state index contributed by atoms with van der Waals surface area (Å²) in [6, 6.07) is 14.6. The van der Waals surface area contributed by atoms with Crippen LogP contribution in [0.5, 0.6) is 5.75 Å². The summed E-state index contributed by atoms with van der Waals surface area (Å²) in [6.07, 6.45) is 0.410. The van der Waals surface area contributed by atoms with Crippen molar-refractivity contribution < 1.29 is 28.3 Å². The van der Waals surface area contributed by atoms with Gasteiger partial charge >= 0.3 is 13.2 Å². The number of nitrogens with zero attached hydrogens (tertiary/aromatic N) is 2. The Kier molecular flexibility index (Phi) is 7.00. The number of methoxy groups -OCH3 is 1. The van der Waals surface area contributed by atoms with Crippen LogP contribution in [-0.4, -0.2) is 65.1 Å². The third-order valence-electron chi connectivity index (χ3n) is 9.65. The summed E-state index contributed by atoms with van der Waals surface area (Å²) in [5, 5.41) is 2.10. The number of carbonyl (C=O) groups excluding carboxylic acids is 1. The fraction of sp³-hybridized carbons (Fsp3) is 0.486. The smallest absolute Gasteiger partial charge is 0.488 e. The van der Waals surface area contributed by atoms with Gasteiger partial charge in [-0.05, 0) is 95.1 Å². The largest absolute Gasteiger partial charge is 0.494 e. The number of aromatic nitrogens is 2. The molecule has 4 aromatic rings. The number of fused-ring (bicyclic) bond motifs is 6. The molecule has 1 aromatic heterocycles. The van der Waals surface area contributed by atoms with Gasteiger partial charge in [0.15, 0.2) is 0 Å². The second kappa shape index (κ2) is 10.5. The van der Waals surface area contributed by atoms with Crippen molar-refractivity contribution >= 4 is 40.5 Å². The van der Waals surface area contributed by atoms with Crippen LogP contribution < -0.4 is 10.2 Å². The maximum absolute atomic E-state index is 13.2. The Hall–Kier alpha value is -3.60. The number of hydrogen-bond donors (Lipinski definition) is 1. The Morgan fingerprint density at radius 1 is 1.07 bits per heavy atom. The van der Waals surface area contributed by atoms with Gasteiger partial charge in [-0.1, -0.05) is 24.3 Å². The monoisotopic (exact) mass is 611 g/mol. The van der Waals surface area contributed by atoms with E-state index in [1.54, 1.807) is 12.0 Å². The molecule has 3 aliphatic heterocycles. The van der Waals surface area contributed by atoms with Crippen molar-refractivity contribution in [2.45, 2.75) is 84.3 Å². The molecule has 1 N–H and O–H groups in total. The summed E-state index contributed by atoms with van der Waals surface area (Å²) in [6.45, 7) is 15.5. The van der Waals surface area contributed by atoms with E-state index in [0.717, 1.165) is 62.0 Å². The summed E-state index contributed by atoms with van der Waals surface area (Å²) in [4.78, 5) is 23.6. The minimum Gasteiger partial charge on any atom is -0.488 e. The normalized spacial score (nSPS) is 22.0. The molecule has 236 valence electrons. The van der Waals surface area contributed by atoms with Gasteiger partial charge in [0.05, 0.1) is 34.9 Å². The van der Waals surface area contributed by atoms with Crippen molar-refractivity contribution in [2.75, 3.05) is 20.3 Å². The highest BCUT2D eigenvalue weighted by Crippen LogP contribution is 2.43. The molecule has 1 unspecified atom stereocenters. The Labute approximate surface area is 264 Å². The first-order valence-electron chi connectivity index (χ1n) is 15.8. The quantitative estimate of drug-likeness (QED) is 0.263. The summed E-state index contributed by atoms with van der Waals surface area (Å²) in [5.74, 6) is 1.78. The predicted octanol–water partition coefficient (Wildman–Crippen LogP) is 6.52. The van der Waals surface area contributed by atoms with Gasteiger partial charge in [0.25, 0.3) is 0 Å². The molecule has 4 heterocycles. The molecule has 9 nitrogen and oxygen atoms in total. The number of amides is 1. The van der Waals surface area contributed by atoms with E-state index in [1.807, 2.05) is 26.8 Å². The average Bonchev–Trinajstić information content (AvgIpc) is 3.64. The van der Waals surface area contributed by atoms with Crippen LogP contribution in [0.2, 0.25) is 0 Å². The van der Waals surface area contributed by atoms with Gasteiger partial charge < -0.3 is 28.5 Å².